The summed E-state index contributed by atoms with van der Waals surface area (Å²) < 4.78 is 28.2. The Kier molecular flexibility index (Phi) is 5.03. The van der Waals surface area contributed by atoms with Crippen molar-refractivity contribution >= 4 is 17.7 Å². The second-order valence-electron chi connectivity index (χ2n) is 4.60. The van der Waals surface area contributed by atoms with E-state index in [2.05, 4.69) is 10.1 Å². The molecule has 1 heterocycles. The number of halogens is 2. The quantitative estimate of drug-likeness (QED) is 0.800. The van der Waals surface area contributed by atoms with Crippen LogP contribution in [-0.4, -0.2) is 42.3 Å². The van der Waals surface area contributed by atoms with Crippen LogP contribution in [-0.2, 0) is 9.59 Å². The molecule has 2 rings (SSSR count). The third kappa shape index (κ3) is 4.00. The Morgan fingerprint density at radius 1 is 1.18 bits per heavy atom. The Labute approximate surface area is 125 Å². The van der Waals surface area contributed by atoms with Crippen LogP contribution in [0.15, 0.2) is 24.3 Å². The van der Waals surface area contributed by atoms with Gasteiger partial charge in [-0.3, -0.25) is 19.3 Å². The van der Waals surface area contributed by atoms with E-state index < -0.39 is 12.5 Å². The Hall–Kier alpha value is -2.51. The van der Waals surface area contributed by atoms with Crippen molar-refractivity contribution in [3.8, 4) is 5.75 Å². The number of hydrogen-bond donors (Lipinski definition) is 1. The third-order valence-electron chi connectivity index (χ3n) is 3.12. The number of imide groups is 1. The molecule has 0 radical (unpaired) electrons. The van der Waals surface area contributed by atoms with E-state index in [-0.39, 0.29) is 49.1 Å². The first-order valence-corrected chi connectivity index (χ1v) is 6.63. The molecule has 0 aliphatic carbocycles. The summed E-state index contributed by atoms with van der Waals surface area (Å²) in [6.07, 6.45) is 0.413. The zero-order chi connectivity index (χ0) is 16.1. The van der Waals surface area contributed by atoms with Crippen LogP contribution in [0.4, 0.5) is 8.78 Å². The van der Waals surface area contributed by atoms with Gasteiger partial charge in [-0.1, -0.05) is 0 Å². The van der Waals surface area contributed by atoms with Gasteiger partial charge in [0.05, 0.1) is 0 Å². The van der Waals surface area contributed by atoms with Crippen molar-refractivity contribution in [1.82, 2.24) is 10.2 Å². The van der Waals surface area contributed by atoms with Gasteiger partial charge in [0, 0.05) is 31.5 Å². The molecule has 0 spiro atoms. The maximum Gasteiger partial charge on any atom is 0.387 e. The minimum Gasteiger partial charge on any atom is -0.435 e. The molecule has 8 heteroatoms. The van der Waals surface area contributed by atoms with Crippen LogP contribution in [0.5, 0.6) is 5.75 Å². The predicted octanol–water partition coefficient (Wildman–Crippen LogP) is 1.17. The second kappa shape index (κ2) is 6.97. The number of rotatable bonds is 6. The van der Waals surface area contributed by atoms with E-state index in [0.29, 0.717) is 0 Å². The molecule has 1 aliphatic heterocycles. The van der Waals surface area contributed by atoms with Crippen LogP contribution >= 0.6 is 0 Å². The van der Waals surface area contributed by atoms with Crippen LogP contribution in [0.25, 0.3) is 0 Å². The van der Waals surface area contributed by atoms with Crippen LogP contribution in [0.2, 0.25) is 0 Å². The molecule has 1 saturated heterocycles. The van der Waals surface area contributed by atoms with Crippen molar-refractivity contribution in [3.05, 3.63) is 29.8 Å². The highest BCUT2D eigenvalue weighted by Crippen LogP contribution is 2.15. The van der Waals surface area contributed by atoms with Crippen molar-refractivity contribution in [3.63, 3.8) is 0 Å². The number of likely N-dealkylation sites (tertiary alicyclic amines) is 1. The first-order chi connectivity index (χ1) is 10.5. The number of amides is 3. The lowest BCUT2D eigenvalue weighted by Gasteiger charge is -2.14. The molecule has 6 nitrogen and oxygen atoms in total. The van der Waals surface area contributed by atoms with Crippen LogP contribution < -0.4 is 10.1 Å². The van der Waals surface area contributed by atoms with Crippen LogP contribution in [0, 0.1) is 0 Å². The fraction of sp³-hybridized carbons (Fsp3) is 0.357. The molecule has 0 aromatic heterocycles. The van der Waals surface area contributed by atoms with Crippen LogP contribution in [0.3, 0.4) is 0 Å². The van der Waals surface area contributed by atoms with E-state index >= 15 is 0 Å². The minimum atomic E-state index is -2.92. The van der Waals surface area contributed by atoms with Gasteiger partial charge in [0.25, 0.3) is 5.91 Å². The lowest BCUT2D eigenvalue weighted by molar-refractivity contribution is -0.138. The van der Waals surface area contributed by atoms with Crippen molar-refractivity contribution in [2.75, 3.05) is 13.1 Å². The molecule has 0 atom stereocenters. The van der Waals surface area contributed by atoms with Gasteiger partial charge < -0.3 is 10.1 Å². The van der Waals surface area contributed by atoms with Gasteiger partial charge >= 0.3 is 6.61 Å². The van der Waals surface area contributed by atoms with Crippen molar-refractivity contribution in [1.29, 1.82) is 0 Å². The van der Waals surface area contributed by atoms with Gasteiger partial charge in [-0.05, 0) is 24.3 Å². The van der Waals surface area contributed by atoms with E-state index in [0.717, 1.165) is 4.90 Å². The third-order valence-corrected chi connectivity index (χ3v) is 3.12. The van der Waals surface area contributed by atoms with Gasteiger partial charge in [-0.15, -0.1) is 0 Å². The summed E-state index contributed by atoms with van der Waals surface area (Å²) in [7, 11) is 0. The summed E-state index contributed by atoms with van der Waals surface area (Å²) in [5.74, 6) is -0.956. The summed E-state index contributed by atoms with van der Waals surface area (Å²) in [6.45, 7) is -2.67. The highest BCUT2D eigenvalue weighted by Gasteiger charge is 2.28. The van der Waals surface area contributed by atoms with E-state index in [9.17, 15) is 23.2 Å². The minimum absolute atomic E-state index is 0.0418. The molecule has 1 aromatic rings. The number of benzene rings is 1. The molecule has 1 fully saturated rings. The molecule has 1 aromatic carbocycles. The first-order valence-electron chi connectivity index (χ1n) is 6.63. The maximum absolute atomic E-state index is 12.0. The number of carbonyl (C=O) groups excluding carboxylic acids is 3. The molecule has 1 N–H and O–H groups in total. The monoisotopic (exact) mass is 312 g/mol. The fourth-order valence-corrected chi connectivity index (χ4v) is 2.04. The molecule has 22 heavy (non-hydrogen) atoms. The van der Waals surface area contributed by atoms with E-state index in [1.54, 1.807) is 0 Å². The van der Waals surface area contributed by atoms with Gasteiger partial charge in [-0.25, -0.2) is 0 Å². The zero-order valence-corrected chi connectivity index (χ0v) is 11.6. The summed E-state index contributed by atoms with van der Waals surface area (Å²) in [4.78, 5) is 35.7. The number of hydrogen-bond acceptors (Lipinski definition) is 4. The SMILES string of the molecule is O=C(NCCN1C(=O)CCC1=O)c1ccc(OC(F)F)cc1. The Morgan fingerprint density at radius 2 is 1.77 bits per heavy atom. The van der Waals surface area contributed by atoms with Crippen molar-refractivity contribution < 1.29 is 27.9 Å². The van der Waals surface area contributed by atoms with Gasteiger partial charge in [-0.2, -0.15) is 8.78 Å². The average Bonchev–Trinajstić information content (AvgIpc) is 2.79. The number of nitrogens with zero attached hydrogens (tertiary/aromatic N) is 1. The summed E-state index contributed by atoms with van der Waals surface area (Å²) in [6, 6.07) is 5.21. The lowest BCUT2D eigenvalue weighted by atomic mass is 10.2. The smallest absolute Gasteiger partial charge is 0.387 e. The molecular formula is C14H14F2N2O4. The van der Waals surface area contributed by atoms with Crippen molar-refractivity contribution in [2.45, 2.75) is 19.5 Å². The molecule has 0 unspecified atom stereocenters. The first kappa shape index (κ1) is 15.9. The highest BCUT2D eigenvalue weighted by molar-refractivity contribution is 6.02. The Balaban J connectivity index is 1.82. The Morgan fingerprint density at radius 3 is 2.32 bits per heavy atom. The number of ether oxygens (including phenoxy) is 1. The van der Waals surface area contributed by atoms with Gasteiger partial charge in [0.2, 0.25) is 11.8 Å². The molecule has 0 saturated carbocycles. The van der Waals surface area contributed by atoms with E-state index in [4.69, 9.17) is 0 Å². The lowest BCUT2D eigenvalue weighted by Crippen LogP contribution is -2.37. The van der Waals surface area contributed by atoms with Gasteiger partial charge in [0.15, 0.2) is 0 Å². The average molecular weight is 312 g/mol. The van der Waals surface area contributed by atoms with E-state index in [1.807, 2.05) is 0 Å². The number of alkyl halides is 2. The molecule has 3 amide bonds. The summed E-state index contributed by atoms with van der Waals surface area (Å²) in [5, 5.41) is 2.55. The molecule has 1 aliphatic rings. The molecular weight excluding hydrogens is 298 g/mol. The topological polar surface area (TPSA) is 75.7 Å². The maximum atomic E-state index is 12.0. The fourth-order valence-electron chi connectivity index (χ4n) is 2.04. The van der Waals surface area contributed by atoms with Crippen LogP contribution in [0.1, 0.15) is 23.2 Å². The van der Waals surface area contributed by atoms with E-state index in [1.165, 1.54) is 24.3 Å². The zero-order valence-electron chi connectivity index (χ0n) is 11.6. The largest absolute Gasteiger partial charge is 0.435 e. The Bertz CT molecular complexity index is 559. The van der Waals surface area contributed by atoms with Gasteiger partial charge in [0.1, 0.15) is 5.75 Å². The standard InChI is InChI=1S/C14H14F2N2O4/c15-14(16)22-10-3-1-9(2-4-10)13(21)17-7-8-18-11(19)5-6-12(18)20/h1-4,14H,5-8H2,(H,17,21). The van der Waals surface area contributed by atoms with Crippen molar-refractivity contribution in [2.24, 2.45) is 0 Å². The predicted molar refractivity (Wildman–Crippen MR) is 71.4 cm³/mol. The normalized spacial score (nSPS) is 14.6. The number of nitrogens with one attached hydrogen (secondary N) is 1. The molecule has 118 valence electrons. The highest BCUT2D eigenvalue weighted by atomic mass is 19.3. The summed E-state index contributed by atoms with van der Waals surface area (Å²) >= 11 is 0. The summed E-state index contributed by atoms with van der Waals surface area (Å²) in [5.41, 5.74) is 0.265. The number of carbonyl (C=O) groups is 3. The second-order valence-corrected chi connectivity index (χ2v) is 4.60. The molecule has 0 bridgehead atoms.